The highest BCUT2D eigenvalue weighted by Crippen LogP contribution is 2.30. The highest BCUT2D eigenvalue weighted by Gasteiger charge is 2.29. The highest BCUT2D eigenvalue weighted by atomic mass is 32.1. The van der Waals surface area contributed by atoms with E-state index in [1.165, 1.54) is 18.2 Å². The molecule has 1 fully saturated rings. The number of thiocarbonyl (C=S) groups is 1. The third-order valence-corrected chi connectivity index (χ3v) is 7.39. The van der Waals surface area contributed by atoms with Crippen molar-refractivity contribution in [2.75, 3.05) is 38.6 Å². The quantitative estimate of drug-likeness (QED) is 0.294. The van der Waals surface area contributed by atoms with Crippen LogP contribution in [0.1, 0.15) is 37.9 Å². The Kier molecular flexibility index (Phi) is 9.03. The second-order valence-corrected chi connectivity index (χ2v) is 10.1. The molecule has 7 nitrogen and oxygen atoms in total. The van der Waals surface area contributed by atoms with Gasteiger partial charge in [0.1, 0.15) is 5.75 Å². The third kappa shape index (κ3) is 6.62. The Balaban J connectivity index is 1.25. The van der Waals surface area contributed by atoms with E-state index >= 15 is 0 Å². The van der Waals surface area contributed by atoms with Gasteiger partial charge < -0.3 is 15.0 Å². The van der Waals surface area contributed by atoms with Gasteiger partial charge in [-0.15, -0.1) is 0 Å². The minimum Gasteiger partial charge on any atom is -0.496 e. The number of nitrogens with zero attached hydrogens (tertiary/aromatic N) is 2. The van der Waals surface area contributed by atoms with Crippen molar-refractivity contribution in [3.8, 4) is 5.75 Å². The van der Waals surface area contributed by atoms with E-state index in [4.69, 9.17) is 17.0 Å². The minimum absolute atomic E-state index is 0.0809. The lowest BCUT2D eigenvalue weighted by Crippen LogP contribution is -2.50. The van der Waals surface area contributed by atoms with Crippen LogP contribution in [0, 0.1) is 0 Å². The zero-order chi connectivity index (χ0) is 28.6. The van der Waals surface area contributed by atoms with E-state index in [9.17, 15) is 9.59 Å². The molecule has 0 aromatic heterocycles. The summed E-state index contributed by atoms with van der Waals surface area (Å²) in [7, 11) is 1.51. The standard InChI is InChI=1S/C33H32N4O3S/c1-40-29-19-11-9-17-27(29)31(38)35-33(41)34-28-18-10-8-16-26(28)32(39)37-22-20-36(21-23-37)30(24-12-4-2-5-13-24)25-14-6-3-7-15-25/h2-19,30H,20-23H2,1H3,(H2,34,35,38,41). The summed E-state index contributed by atoms with van der Waals surface area (Å²) in [5.74, 6) is -0.0295. The van der Waals surface area contributed by atoms with Gasteiger partial charge in [-0.3, -0.25) is 19.8 Å². The van der Waals surface area contributed by atoms with E-state index in [-0.39, 0.29) is 17.1 Å². The van der Waals surface area contributed by atoms with Crippen LogP contribution in [0.25, 0.3) is 0 Å². The normalized spacial score (nSPS) is 13.5. The van der Waals surface area contributed by atoms with E-state index in [1.54, 1.807) is 36.4 Å². The third-order valence-electron chi connectivity index (χ3n) is 7.18. The van der Waals surface area contributed by atoms with Gasteiger partial charge in [0.15, 0.2) is 5.11 Å². The van der Waals surface area contributed by atoms with Crippen molar-refractivity contribution in [1.29, 1.82) is 0 Å². The summed E-state index contributed by atoms with van der Waals surface area (Å²) in [5.41, 5.74) is 3.87. The van der Waals surface area contributed by atoms with E-state index in [0.717, 1.165) is 13.1 Å². The molecule has 0 atom stereocenters. The van der Waals surface area contributed by atoms with Gasteiger partial charge in [0.05, 0.1) is 30.0 Å². The zero-order valence-corrected chi connectivity index (χ0v) is 23.6. The Morgan fingerprint density at radius 3 is 1.88 bits per heavy atom. The fourth-order valence-electron chi connectivity index (χ4n) is 5.17. The number of anilines is 1. The van der Waals surface area contributed by atoms with E-state index in [0.29, 0.717) is 35.7 Å². The molecule has 8 heteroatoms. The molecule has 1 aliphatic rings. The first-order valence-corrected chi connectivity index (χ1v) is 13.9. The fraction of sp³-hybridized carbons (Fsp3) is 0.182. The molecular weight excluding hydrogens is 532 g/mol. The lowest BCUT2D eigenvalue weighted by atomic mass is 9.96. The predicted molar refractivity (Wildman–Crippen MR) is 165 cm³/mol. The molecule has 0 spiro atoms. The fourth-order valence-corrected chi connectivity index (χ4v) is 5.38. The molecule has 1 aliphatic heterocycles. The maximum atomic E-state index is 13.7. The maximum Gasteiger partial charge on any atom is 0.261 e. The van der Waals surface area contributed by atoms with Crippen LogP contribution in [-0.4, -0.2) is 60.0 Å². The minimum atomic E-state index is -0.397. The van der Waals surface area contributed by atoms with E-state index in [1.807, 2.05) is 29.2 Å². The number of nitrogens with one attached hydrogen (secondary N) is 2. The lowest BCUT2D eigenvalue weighted by molar-refractivity contribution is 0.0598. The van der Waals surface area contributed by atoms with Crippen molar-refractivity contribution >= 4 is 34.8 Å². The van der Waals surface area contributed by atoms with Crippen LogP contribution in [0.2, 0.25) is 0 Å². The molecule has 5 rings (SSSR count). The van der Waals surface area contributed by atoms with Gasteiger partial charge in [0.25, 0.3) is 11.8 Å². The van der Waals surface area contributed by atoms with Crippen LogP contribution in [0.3, 0.4) is 0 Å². The van der Waals surface area contributed by atoms with Gasteiger partial charge in [-0.2, -0.15) is 0 Å². The summed E-state index contributed by atoms with van der Waals surface area (Å²) >= 11 is 5.42. The summed E-state index contributed by atoms with van der Waals surface area (Å²) in [5, 5.41) is 5.82. The SMILES string of the molecule is COc1ccccc1C(=O)NC(=S)Nc1ccccc1C(=O)N1CCN(C(c2ccccc2)c2ccccc2)CC1. The second kappa shape index (κ2) is 13.2. The highest BCUT2D eigenvalue weighted by molar-refractivity contribution is 7.80. The first-order valence-electron chi connectivity index (χ1n) is 13.5. The van der Waals surface area contributed by atoms with Gasteiger partial charge in [-0.25, -0.2) is 0 Å². The van der Waals surface area contributed by atoms with E-state index in [2.05, 4.69) is 64.1 Å². The van der Waals surface area contributed by atoms with E-state index < -0.39 is 5.91 Å². The molecule has 4 aromatic rings. The van der Waals surface area contributed by atoms with Crippen molar-refractivity contribution in [1.82, 2.24) is 15.1 Å². The average Bonchev–Trinajstić information content (AvgIpc) is 3.02. The largest absolute Gasteiger partial charge is 0.496 e. The number of rotatable bonds is 7. The molecule has 0 radical (unpaired) electrons. The van der Waals surface area contributed by atoms with Gasteiger partial charge >= 0.3 is 0 Å². The average molecular weight is 565 g/mol. The van der Waals surface area contributed by atoms with Gasteiger partial charge in [0, 0.05) is 26.2 Å². The van der Waals surface area contributed by atoms with Crippen LogP contribution in [0.4, 0.5) is 5.69 Å². The monoisotopic (exact) mass is 564 g/mol. The number of hydrogen-bond donors (Lipinski definition) is 2. The van der Waals surface area contributed by atoms with Gasteiger partial charge in [-0.1, -0.05) is 84.9 Å². The van der Waals surface area contributed by atoms with Crippen molar-refractivity contribution < 1.29 is 14.3 Å². The Hall–Kier alpha value is -4.53. The van der Waals surface area contributed by atoms with Crippen LogP contribution in [0.15, 0.2) is 109 Å². The summed E-state index contributed by atoms with van der Waals surface area (Å²) in [4.78, 5) is 30.8. The van der Waals surface area contributed by atoms with Crippen LogP contribution in [-0.2, 0) is 0 Å². The number of para-hydroxylation sites is 2. The number of ether oxygens (including phenoxy) is 1. The van der Waals surface area contributed by atoms with Crippen molar-refractivity contribution in [3.05, 3.63) is 131 Å². The van der Waals surface area contributed by atoms with Crippen LogP contribution in [0.5, 0.6) is 5.75 Å². The zero-order valence-electron chi connectivity index (χ0n) is 22.8. The van der Waals surface area contributed by atoms with Crippen molar-refractivity contribution in [2.24, 2.45) is 0 Å². The summed E-state index contributed by atoms with van der Waals surface area (Å²) in [6.45, 7) is 2.67. The number of carbonyl (C=O) groups excluding carboxylic acids is 2. The first-order chi connectivity index (χ1) is 20.0. The smallest absolute Gasteiger partial charge is 0.261 e. The Morgan fingerprint density at radius 1 is 0.732 bits per heavy atom. The summed E-state index contributed by atoms with van der Waals surface area (Å²) in [6, 6.07) is 35.2. The number of amides is 2. The Morgan fingerprint density at radius 2 is 1.27 bits per heavy atom. The number of hydrogen-bond acceptors (Lipinski definition) is 5. The number of methoxy groups -OCH3 is 1. The molecule has 0 unspecified atom stereocenters. The van der Waals surface area contributed by atoms with Crippen LogP contribution < -0.4 is 15.4 Å². The first kappa shape index (κ1) is 28.0. The molecule has 1 saturated heterocycles. The Bertz CT molecular complexity index is 1470. The van der Waals surface area contributed by atoms with Crippen LogP contribution >= 0.6 is 12.2 Å². The van der Waals surface area contributed by atoms with Crippen molar-refractivity contribution in [2.45, 2.75) is 6.04 Å². The topological polar surface area (TPSA) is 73.9 Å². The molecule has 0 saturated carbocycles. The number of piperazine rings is 1. The molecule has 208 valence electrons. The molecule has 2 amide bonds. The number of carbonyl (C=O) groups is 2. The maximum absolute atomic E-state index is 13.7. The molecule has 1 heterocycles. The summed E-state index contributed by atoms with van der Waals surface area (Å²) in [6.07, 6.45) is 0. The molecule has 0 bridgehead atoms. The molecule has 4 aromatic carbocycles. The van der Waals surface area contributed by atoms with Gasteiger partial charge in [-0.05, 0) is 47.6 Å². The molecular formula is C33H32N4O3S. The summed E-state index contributed by atoms with van der Waals surface area (Å²) < 4.78 is 5.28. The molecule has 2 N–H and O–H groups in total. The lowest BCUT2D eigenvalue weighted by Gasteiger charge is -2.40. The second-order valence-electron chi connectivity index (χ2n) is 9.71. The molecule has 0 aliphatic carbocycles. The van der Waals surface area contributed by atoms with Crippen molar-refractivity contribution in [3.63, 3.8) is 0 Å². The predicted octanol–water partition coefficient (Wildman–Crippen LogP) is 5.37. The van der Waals surface area contributed by atoms with Gasteiger partial charge in [0.2, 0.25) is 0 Å². The Labute approximate surface area is 245 Å². The molecule has 41 heavy (non-hydrogen) atoms. The number of benzene rings is 4.